The van der Waals surface area contributed by atoms with E-state index in [0.717, 1.165) is 11.3 Å². The number of pyridine rings is 1. The second-order valence-corrected chi connectivity index (χ2v) is 4.62. The van der Waals surface area contributed by atoms with Crippen LogP contribution >= 0.6 is 0 Å². The molecule has 0 aliphatic carbocycles. The molecule has 110 valence electrons. The summed E-state index contributed by atoms with van der Waals surface area (Å²) in [5.41, 5.74) is 1.73. The maximum absolute atomic E-state index is 11.0. The maximum Gasteiger partial charge on any atom is 0.311 e. The van der Waals surface area contributed by atoms with Crippen LogP contribution in [0.2, 0.25) is 0 Å². The van der Waals surface area contributed by atoms with Crippen LogP contribution in [0.5, 0.6) is 5.75 Å². The third-order valence-electron chi connectivity index (χ3n) is 3.18. The van der Waals surface area contributed by atoms with Gasteiger partial charge in [0.15, 0.2) is 5.75 Å². The van der Waals surface area contributed by atoms with Gasteiger partial charge in [-0.05, 0) is 30.7 Å². The number of hydrogen-bond acceptors (Lipinski definition) is 5. The topological polar surface area (TPSA) is 77.3 Å². The minimum atomic E-state index is -0.440. The van der Waals surface area contributed by atoms with Crippen molar-refractivity contribution >= 4 is 5.69 Å². The lowest BCUT2D eigenvalue weighted by Gasteiger charge is -2.13. The fourth-order valence-electron chi connectivity index (χ4n) is 2.00. The highest BCUT2D eigenvalue weighted by atomic mass is 16.6. The third kappa shape index (κ3) is 3.76. The smallest absolute Gasteiger partial charge is 0.311 e. The van der Waals surface area contributed by atoms with Crippen LogP contribution in [0.15, 0.2) is 42.6 Å². The normalized spacial score (nSPS) is 11.9. The predicted molar refractivity (Wildman–Crippen MR) is 79.1 cm³/mol. The lowest BCUT2D eigenvalue weighted by molar-refractivity contribution is -0.385. The van der Waals surface area contributed by atoms with Gasteiger partial charge < -0.3 is 10.1 Å². The first-order valence-electron chi connectivity index (χ1n) is 6.57. The molecule has 0 saturated heterocycles. The second-order valence-electron chi connectivity index (χ2n) is 4.62. The monoisotopic (exact) mass is 287 g/mol. The second kappa shape index (κ2) is 6.81. The molecular formula is C15H17N3O3. The van der Waals surface area contributed by atoms with Crippen LogP contribution in [0.3, 0.4) is 0 Å². The quantitative estimate of drug-likeness (QED) is 0.653. The highest BCUT2D eigenvalue weighted by molar-refractivity contribution is 5.48. The van der Waals surface area contributed by atoms with Gasteiger partial charge in [-0.3, -0.25) is 15.1 Å². The van der Waals surface area contributed by atoms with E-state index in [2.05, 4.69) is 10.3 Å². The summed E-state index contributed by atoms with van der Waals surface area (Å²) in [7, 11) is 1.42. The van der Waals surface area contributed by atoms with Crippen LogP contribution in [0.25, 0.3) is 0 Å². The average molecular weight is 287 g/mol. The largest absolute Gasteiger partial charge is 0.490 e. The van der Waals surface area contributed by atoms with Gasteiger partial charge in [-0.2, -0.15) is 0 Å². The molecule has 0 aliphatic heterocycles. The molecule has 0 aliphatic rings. The van der Waals surface area contributed by atoms with E-state index in [-0.39, 0.29) is 17.5 Å². The maximum atomic E-state index is 11.0. The Labute approximate surface area is 122 Å². The van der Waals surface area contributed by atoms with Crippen LogP contribution in [0.1, 0.15) is 24.2 Å². The number of nitro benzene ring substituents is 1. The van der Waals surface area contributed by atoms with Gasteiger partial charge in [-0.25, -0.2) is 0 Å². The van der Waals surface area contributed by atoms with Crippen molar-refractivity contribution in [1.29, 1.82) is 0 Å². The van der Waals surface area contributed by atoms with E-state index < -0.39 is 4.92 Å². The number of aromatic nitrogens is 1. The molecule has 2 rings (SSSR count). The van der Waals surface area contributed by atoms with E-state index >= 15 is 0 Å². The summed E-state index contributed by atoms with van der Waals surface area (Å²) in [6.07, 6.45) is 1.74. The van der Waals surface area contributed by atoms with Gasteiger partial charge in [0.25, 0.3) is 0 Å². The Hall–Kier alpha value is -2.47. The first kappa shape index (κ1) is 14.9. The molecule has 1 N–H and O–H groups in total. The molecular weight excluding hydrogens is 270 g/mol. The molecule has 21 heavy (non-hydrogen) atoms. The molecule has 2 aromatic rings. The zero-order valence-electron chi connectivity index (χ0n) is 11.9. The van der Waals surface area contributed by atoms with E-state index in [4.69, 9.17) is 4.74 Å². The van der Waals surface area contributed by atoms with Crippen molar-refractivity contribution in [3.05, 3.63) is 64.0 Å². The molecule has 0 radical (unpaired) electrons. The summed E-state index contributed by atoms with van der Waals surface area (Å²) in [6, 6.07) is 10.7. The third-order valence-corrected chi connectivity index (χ3v) is 3.18. The zero-order chi connectivity index (χ0) is 15.2. The Balaban J connectivity index is 2.07. The first-order chi connectivity index (χ1) is 10.1. The van der Waals surface area contributed by atoms with Gasteiger partial charge in [-0.15, -0.1) is 0 Å². The highest BCUT2D eigenvalue weighted by Crippen LogP contribution is 2.27. The van der Waals surface area contributed by atoms with E-state index in [0.29, 0.717) is 6.54 Å². The first-order valence-corrected chi connectivity index (χ1v) is 6.57. The molecule has 0 saturated carbocycles. The Bertz CT molecular complexity index is 617. The van der Waals surface area contributed by atoms with Crippen LogP contribution in [-0.4, -0.2) is 17.0 Å². The molecule has 1 aromatic heterocycles. The summed E-state index contributed by atoms with van der Waals surface area (Å²) >= 11 is 0. The predicted octanol–water partition coefficient (Wildman–Crippen LogP) is 2.85. The molecule has 1 atom stereocenters. The summed E-state index contributed by atoms with van der Waals surface area (Å²) in [4.78, 5) is 14.8. The molecule has 0 fully saturated rings. The number of rotatable bonds is 6. The summed E-state index contributed by atoms with van der Waals surface area (Å²) in [5, 5.41) is 14.3. The van der Waals surface area contributed by atoms with Gasteiger partial charge in [0.1, 0.15) is 0 Å². The molecule has 0 amide bonds. The minimum absolute atomic E-state index is 0.0257. The zero-order valence-corrected chi connectivity index (χ0v) is 11.9. The number of nitrogens with one attached hydrogen (secondary N) is 1. The average Bonchev–Trinajstić information content (AvgIpc) is 2.53. The summed E-state index contributed by atoms with van der Waals surface area (Å²) in [6.45, 7) is 2.52. The van der Waals surface area contributed by atoms with E-state index in [1.165, 1.54) is 13.2 Å². The molecule has 0 bridgehead atoms. The van der Waals surface area contributed by atoms with Gasteiger partial charge in [0.05, 0.1) is 17.7 Å². The van der Waals surface area contributed by atoms with Crippen LogP contribution in [0.4, 0.5) is 5.69 Å². The number of benzene rings is 1. The Morgan fingerprint density at radius 3 is 2.81 bits per heavy atom. The van der Waals surface area contributed by atoms with E-state index in [9.17, 15) is 10.1 Å². The standard InChI is InChI=1S/C15H17N3O3/c1-11(13-5-3-4-8-16-13)17-10-12-6-7-15(21-2)14(9-12)18(19)20/h3-9,11,17H,10H2,1-2H3/t11-/m0/s1. The fraction of sp³-hybridized carbons (Fsp3) is 0.267. The fourth-order valence-corrected chi connectivity index (χ4v) is 2.00. The highest BCUT2D eigenvalue weighted by Gasteiger charge is 2.15. The number of nitrogens with zero attached hydrogens (tertiary/aromatic N) is 2. The lowest BCUT2D eigenvalue weighted by Crippen LogP contribution is -2.19. The number of methoxy groups -OCH3 is 1. The van der Waals surface area contributed by atoms with Crippen molar-refractivity contribution in [2.45, 2.75) is 19.5 Å². The molecule has 0 spiro atoms. The van der Waals surface area contributed by atoms with Crippen LogP contribution in [-0.2, 0) is 6.54 Å². The Morgan fingerprint density at radius 2 is 2.19 bits per heavy atom. The van der Waals surface area contributed by atoms with Gasteiger partial charge in [-0.1, -0.05) is 12.1 Å². The van der Waals surface area contributed by atoms with Crippen LogP contribution < -0.4 is 10.1 Å². The van der Waals surface area contributed by atoms with E-state index in [1.807, 2.05) is 31.2 Å². The SMILES string of the molecule is COc1ccc(CN[C@@H](C)c2ccccn2)cc1[N+](=O)[O-]. The number of hydrogen-bond donors (Lipinski definition) is 1. The molecule has 1 heterocycles. The molecule has 0 unspecified atom stereocenters. The van der Waals surface area contributed by atoms with Gasteiger partial charge in [0, 0.05) is 24.8 Å². The summed E-state index contributed by atoms with van der Waals surface area (Å²) < 4.78 is 4.98. The van der Waals surface area contributed by atoms with Crippen molar-refractivity contribution in [2.75, 3.05) is 7.11 Å². The van der Waals surface area contributed by atoms with Crippen molar-refractivity contribution in [3.63, 3.8) is 0 Å². The lowest BCUT2D eigenvalue weighted by atomic mass is 10.1. The van der Waals surface area contributed by atoms with Crippen molar-refractivity contribution in [3.8, 4) is 5.75 Å². The van der Waals surface area contributed by atoms with Crippen molar-refractivity contribution in [2.24, 2.45) is 0 Å². The van der Waals surface area contributed by atoms with Gasteiger partial charge in [0.2, 0.25) is 0 Å². The molecule has 1 aromatic carbocycles. The van der Waals surface area contributed by atoms with Crippen molar-refractivity contribution < 1.29 is 9.66 Å². The number of nitro groups is 1. The molecule has 6 heteroatoms. The number of ether oxygens (including phenoxy) is 1. The molecule has 6 nitrogen and oxygen atoms in total. The Morgan fingerprint density at radius 1 is 1.38 bits per heavy atom. The minimum Gasteiger partial charge on any atom is -0.490 e. The van der Waals surface area contributed by atoms with Gasteiger partial charge >= 0.3 is 5.69 Å². The van der Waals surface area contributed by atoms with E-state index in [1.54, 1.807) is 12.3 Å². The summed E-state index contributed by atoms with van der Waals surface area (Å²) in [5.74, 6) is 0.265. The Kier molecular flexibility index (Phi) is 4.84. The van der Waals surface area contributed by atoms with Crippen LogP contribution in [0, 0.1) is 10.1 Å². The van der Waals surface area contributed by atoms with Crippen molar-refractivity contribution in [1.82, 2.24) is 10.3 Å².